The normalized spacial score (nSPS) is 25.6. The van der Waals surface area contributed by atoms with Crippen LogP contribution in [-0.2, 0) is 9.59 Å². The molecule has 1 amide bonds. The minimum atomic E-state index is -0.438. The van der Waals surface area contributed by atoms with Gasteiger partial charge >= 0.3 is 5.91 Å². The summed E-state index contributed by atoms with van der Waals surface area (Å²) in [5.41, 5.74) is 1.37. The van der Waals surface area contributed by atoms with Crippen molar-refractivity contribution >= 4 is 23.0 Å². The smallest absolute Gasteiger partial charge is 0.315 e. The fourth-order valence-corrected chi connectivity index (χ4v) is 5.78. The third-order valence-corrected chi connectivity index (χ3v) is 7.50. The minimum absolute atomic E-state index is 0.0255. The SMILES string of the molecule is CC1=[NH+]N(C2CCCCC2)C(=O)/C1=C1/C(=O)C(c2c(C)[nH]n(C3CCCCC3)c2=O)=C1O. The Kier molecular flexibility index (Phi) is 5.18. The number of hydrogen-bond acceptors (Lipinski definition) is 4. The number of H-pyrrole nitrogens is 1. The number of aliphatic hydroxyl groups is 1. The summed E-state index contributed by atoms with van der Waals surface area (Å²) in [6.45, 7) is 3.50. The molecule has 2 fully saturated rings. The van der Waals surface area contributed by atoms with Crippen LogP contribution in [0.25, 0.3) is 5.57 Å². The molecule has 4 aliphatic rings. The molecule has 32 heavy (non-hydrogen) atoms. The van der Waals surface area contributed by atoms with E-state index in [0.717, 1.165) is 51.4 Å². The second-order valence-electron chi connectivity index (χ2n) is 9.59. The number of carbonyl (C=O) groups excluding carboxylic acids is 2. The molecule has 3 N–H and O–H groups in total. The van der Waals surface area contributed by atoms with E-state index in [1.807, 2.05) is 0 Å². The van der Waals surface area contributed by atoms with Crippen molar-refractivity contribution in [2.45, 2.75) is 90.1 Å². The third-order valence-electron chi connectivity index (χ3n) is 7.50. The Morgan fingerprint density at radius 2 is 1.44 bits per heavy atom. The van der Waals surface area contributed by atoms with Gasteiger partial charge in [-0.15, -0.1) is 10.1 Å². The number of amides is 1. The van der Waals surface area contributed by atoms with Crippen molar-refractivity contribution in [3.05, 3.63) is 38.5 Å². The predicted molar refractivity (Wildman–Crippen MR) is 119 cm³/mol. The van der Waals surface area contributed by atoms with Crippen LogP contribution in [0.3, 0.4) is 0 Å². The number of aromatic amines is 1. The Balaban J connectivity index is 1.50. The zero-order valence-corrected chi connectivity index (χ0v) is 18.8. The standard InChI is InChI=1S/C24H30N4O4/c1-13-17(23(31)27(25-13)15-9-5-3-6-10-15)19-21(29)20(22(19)30)18-14(2)26-28(24(18)32)16-11-7-4-8-12-16/h15-16,25,29H,3-12H2,1-2H3/p+1/b20-18+. The number of rotatable bonds is 3. The molecule has 2 saturated carbocycles. The Labute approximate surface area is 186 Å². The molecule has 0 saturated heterocycles. The van der Waals surface area contributed by atoms with Gasteiger partial charge in [0.05, 0.1) is 28.8 Å². The maximum absolute atomic E-state index is 13.2. The first-order valence-electron chi connectivity index (χ1n) is 11.9. The van der Waals surface area contributed by atoms with Crippen LogP contribution >= 0.6 is 0 Å². The van der Waals surface area contributed by atoms with Gasteiger partial charge in [0.15, 0.2) is 0 Å². The number of ketones is 1. The molecule has 170 valence electrons. The lowest BCUT2D eigenvalue weighted by molar-refractivity contribution is -0.626. The largest absolute Gasteiger partial charge is 0.506 e. The summed E-state index contributed by atoms with van der Waals surface area (Å²) in [7, 11) is 0. The van der Waals surface area contributed by atoms with Crippen LogP contribution in [0.15, 0.2) is 21.7 Å². The van der Waals surface area contributed by atoms with Crippen LogP contribution in [-0.4, -0.2) is 43.3 Å². The number of carbonyl (C=O) groups is 2. The van der Waals surface area contributed by atoms with E-state index in [2.05, 4.69) is 10.2 Å². The molecule has 0 spiro atoms. The summed E-state index contributed by atoms with van der Waals surface area (Å²) >= 11 is 0. The number of nitrogens with zero attached hydrogens (tertiary/aromatic N) is 2. The highest BCUT2D eigenvalue weighted by molar-refractivity contribution is 6.43. The maximum Gasteiger partial charge on any atom is 0.315 e. The number of aliphatic hydroxyl groups excluding tert-OH is 1. The van der Waals surface area contributed by atoms with Crippen molar-refractivity contribution in [1.82, 2.24) is 14.8 Å². The third kappa shape index (κ3) is 3.11. The van der Waals surface area contributed by atoms with Gasteiger partial charge in [0.25, 0.3) is 5.56 Å². The molecular formula is C24H31N4O4+. The highest BCUT2D eigenvalue weighted by Crippen LogP contribution is 2.39. The van der Waals surface area contributed by atoms with Crippen molar-refractivity contribution in [1.29, 1.82) is 0 Å². The van der Waals surface area contributed by atoms with Crippen LogP contribution < -0.4 is 10.7 Å². The number of hydrazone groups is 1. The molecule has 1 aromatic heterocycles. The van der Waals surface area contributed by atoms with E-state index in [9.17, 15) is 19.5 Å². The van der Waals surface area contributed by atoms with Gasteiger partial charge in [0.2, 0.25) is 11.5 Å². The molecule has 0 bridgehead atoms. The molecule has 0 aromatic carbocycles. The van der Waals surface area contributed by atoms with Crippen molar-refractivity contribution in [2.75, 3.05) is 0 Å². The number of aromatic nitrogens is 2. The van der Waals surface area contributed by atoms with Crippen molar-refractivity contribution < 1.29 is 19.8 Å². The van der Waals surface area contributed by atoms with E-state index in [-0.39, 0.29) is 51.6 Å². The van der Waals surface area contributed by atoms with Crippen LogP contribution in [0.4, 0.5) is 0 Å². The van der Waals surface area contributed by atoms with Crippen LogP contribution in [0.2, 0.25) is 0 Å². The van der Waals surface area contributed by atoms with Crippen LogP contribution in [0.5, 0.6) is 0 Å². The topological polar surface area (TPSA) is 109 Å². The highest BCUT2D eigenvalue weighted by atomic mass is 16.3. The fraction of sp³-hybridized carbons (Fsp3) is 0.583. The average molecular weight is 440 g/mol. The molecule has 0 atom stereocenters. The molecule has 0 radical (unpaired) electrons. The molecule has 3 aliphatic carbocycles. The molecule has 8 nitrogen and oxygen atoms in total. The lowest BCUT2D eigenvalue weighted by Crippen LogP contribution is -2.83. The monoisotopic (exact) mass is 439 g/mol. The van der Waals surface area contributed by atoms with E-state index >= 15 is 0 Å². The Morgan fingerprint density at radius 3 is 2.03 bits per heavy atom. The number of aryl methyl sites for hydroxylation is 1. The van der Waals surface area contributed by atoms with Gasteiger partial charge in [-0.1, -0.05) is 38.5 Å². The number of hydrogen-bond donors (Lipinski definition) is 3. The number of Topliss-reactive ketones (excluding diaryl/α,β-unsaturated/α-hetero) is 1. The van der Waals surface area contributed by atoms with E-state index in [1.54, 1.807) is 23.5 Å². The van der Waals surface area contributed by atoms with Crippen LogP contribution in [0.1, 0.15) is 88.4 Å². The van der Waals surface area contributed by atoms with Gasteiger partial charge in [-0.25, -0.2) is 4.68 Å². The van der Waals surface area contributed by atoms with Gasteiger partial charge in [0.1, 0.15) is 11.3 Å². The predicted octanol–water partition coefficient (Wildman–Crippen LogP) is 1.77. The van der Waals surface area contributed by atoms with Gasteiger partial charge < -0.3 is 5.11 Å². The zero-order chi connectivity index (χ0) is 22.6. The summed E-state index contributed by atoms with van der Waals surface area (Å²) < 4.78 is 1.62. The molecule has 1 aromatic rings. The summed E-state index contributed by atoms with van der Waals surface area (Å²) in [4.78, 5) is 39.5. The van der Waals surface area contributed by atoms with Crippen molar-refractivity contribution in [2.24, 2.45) is 0 Å². The van der Waals surface area contributed by atoms with E-state index in [0.29, 0.717) is 11.4 Å². The lowest BCUT2D eigenvalue weighted by Gasteiger charge is -2.25. The number of nitrogens with one attached hydrogen (secondary N) is 2. The van der Waals surface area contributed by atoms with E-state index in [1.165, 1.54) is 12.8 Å². The van der Waals surface area contributed by atoms with Gasteiger partial charge in [0, 0.05) is 12.6 Å². The summed E-state index contributed by atoms with van der Waals surface area (Å²) in [6, 6.07) is 0.194. The molecule has 8 heteroatoms. The molecule has 5 rings (SSSR count). The van der Waals surface area contributed by atoms with Crippen LogP contribution in [0, 0.1) is 6.92 Å². The summed E-state index contributed by atoms with van der Waals surface area (Å²) in [6.07, 6.45) is 10.4. The minimum Gasteiger partial charge on any atom is -0.506 e. The first-order valence-corrected chi connectivity index (χ1v) is 11.9. The molecular weight excluding hydrogens is 408 g/mol. The Hall–Kier alpha value is -2.90. The first-order chi connectivity index (χ1) is 15.4. The van der Waals surface area contributed by atoms with E-state index < -0.39 is 5.78 Å². The number of hydrazine groups is 1. The Bertz CT molecular complexity index is 1140. The number of allylic oxidation sites excluding steroid dienone is 2. The summed E-state index contributed by atoms with van der Waals surface area (Å²) in [5, 5.41) is 18.7. The second-order valence-corrected chi connectivity index (χ2v) is 9.59. The fourth-order valence-electron chi connectivity index (χ4n) is 5.78. The average Bonchev–Trinajstić information content (AvgIpc) is 3.26. The molecule has 1 aliphatic heterocycles. The Morgan fingerprint density at radius 1 is 0.844 bits per heavy atom. The highest BCUT2D eigenvalue weighted by Gasteiger charge is 2.48. The van der Waals surface area contributed by atoms with E-state index in [4.69, 9.17) is 0 Å². The van der Waals surface area contributed by atoms with Crippen molar-refractivity contribution in [3.63, 3.8) is 0 Å². The summed E-state index contributed by atoms with van der Waals surface area (Å²) in [5.74, 6) is -0.957. The quantitative estimate of drug-likeness (QED) is 0.624. The molecule has 2 heterocycles. The lowest BCUT2D eigenvalue weighted by atomic mass is 9.80. The molecule has 0 unspecified atom stereocenters. The van der Waals surface area contributed by atoms with Gasteiger partial charge in [-0.2, -0.15) is 0 Å². The first kappa shape index (κ1) is 21.0. The second kappa shape index (κ2) is 7.90. The maximum atomic E-state index is 13.2. The van der Waals surface area contributed by atoms with Gasteiger partial charge in [-0.05, 0) is 32.6 Å². The van der Waals surface area contributed by atoms with Crippen molar-refractivity contribution in [3.8, 4) is 0 Å². The zero-order valence-electron chi connectivity index (χ0n) is 18.8. The van der Waals surface area contributed by atoms with Gasteiger partial charge in [-0.3, -0.25) is 19.5 Å².